The second-order valence-corrected chi connectivity index (χ2v) is 5.11. The Morgan fingerprint density at radius 2 is 1.85 bits per heavy atom. The Bertz CT molecular complexity index is 626. The molecule has 2 aromatic carbocycles. The summed E-state index contributed by atoms with van der Waals surface area (Å²) in [7, 11) is 0. The molecule has 104 valence electrons. The largest absolute Gasteiger partial charge is 0.375 e. The number of hydrogen-bond acceptors (Lipinski definition) is 2. The highest BCUT2D eigenvalue weighted by Gasteiger charge is 2.06. The lowest BCUT2D eigenvalue weighted by Gasteiger charge is -2.11. The first kappa shape index (κ1) is 14.4. The normalized spacial score (nSPS) is 10.2. The molecular formula is C16H17ClN2O. The van der Waals surface area contributed by atoms with Gasteiger partial charge in [0.05, 0.1) is 17.3 Å². The van der Waals surface area contributed by atoms with Crippen LogP contribution in [0.1, 0.15) is 11.1 Å². The van der Waals surface area contributed by atoms with Gasteiger partial charge in [-0.2, -0.15) is 0 Å². The molecule has 0 aliphatic rings. The summed E-state index contributed by atoms with van der Waals surface area (Å²) >= 11 is 6.07. The molecule has 2 aromatic rings. The first-order valence-electron chi connectivity index (χ1n) is 6.42. The smallest absolute Gasteiger partial charge is 0.243 e. The molecule has 2 rings (SSSR count). The minimum Gasteiger partial charge on any atom is -0.375 e. The van der Waals surface area contributed by atoms with Crippen LogP contribution in [0.3, 0.4) is 0 Å². The number of carbonyl (C=O) groups excluding carboxylic acids is 1. The van der Waals surface area contributed by atoms with E-state index < -0.39 is 0 Å². The molecule has 4 heteroatoms. The number of nitrogens with one attached hydrogen (secondary N) is 2. The predicted octanol–water partition coefficient (Wildman–Crippen LogP) is 4.01. The van der Waals surface area contributed by atoms with Gasteiger partial charge in [0.15, 0.2) is 0 Å². The van der Waals surface area contributed by atoms with Crippen LogP contribution < -0.4 is 10.6 Å². The van der Waals surface area contributed by atoms with Crippen LogP contribution >= 0.6 is 11.6 Å². The second kappa shape index (κ2) is 6.44. The number of carbonyl (C=O) groups is 1. The van der Waals surface area contributed by atoms with Gasteiger partial charge >= 0.3 is 0 Å². The number of benzene rings is 2. The first-order valence-corrected chi connectivity index (χ1v) is 6.79. The van der Waals surface area contributed by atoms with E-state index in [1.807, 2.05) is 56.3 Å². The van der Waals surface area contributed by atoms with E-state index in [4.69, 9.17) is 11.6 Å². The zero-order valence-corrected chi connectivity index (χ0v) is 12.3. The van der Waals surface area contributed by atoms with Crippen LogP contribution in [0.4, 0.5) is 11.4 Å². The van der Waals surface area contributed by atoms with Crippen molar-refractivity contribution in [2.75, 3.05) is 17.2 Å². The highest BCUT2D eigenvalue weighted by atomic mass is 35.5. The van der Waals surface area contributed by atoms with Gasteiger partial charge in [0.2, 0.25) is 5.91 Å². The van der Waals surface area contributed by atoms with Gasteiger partial charge in [0.25, 0.3) is 0 Å². The van der Waals surface area contributed by atoms with Crippen LogP contribution in [-0.2, 0) is 4.79 Å². The number of para-hydroxylation sites is 1. The molecule has 0 fully saturated rings. The lowest BCUT2D eigenvalue weighted by molar-refractivity contribution is -0.114. The Morgan fingerprint density at radius 3 is 2.60 bits per heavy atom. The highest BCUT2D eigenvalue weighted by Crippen LogP contribution is 2.22. The van der Waals surface area contributed by atoms with Gasteiger partial charge in [0, 0.05) is 5.69 Å². The molecule has 0 bridgehead atoms. The summed E-state index contributed by atoms with van der Waals surface area (Å²) in [6, 6.07) is 13.3. The van der Waals surface area contributed by atoms with E-state index in [-0.39, 0.29) is 12.5 Å². The molecule has 2 N–H and O–H groups in total. The lowest BCUT2D eigenvalue weighted by Crippen LogP contribution is -2.22. The monoisotopic (exact) mass is 288 g/mol. The van der Waals surface area contributed by atoms with Crippen LogP contribution in [0.5, 0.6) is 0 Å². The van der Waals surface area contributed by atoms with Gasteiger partial charge in [-0.05, 0) is 43.2 Å². The van der Waals surface area contributed by atoms with E-state index in [1.165, 1.54) is 0 Å². The molecular weight excluding hydrogens is 272 g/mol. The molecule has 0 aliphatic heterocycles. The van der Waals surface area contributed by atoms with E-state index >= 15 is 0 Å². The minimum atomic E-state index is -0.100. The fourth-order valence-electron chi connectivity index (χ4n) is 1.86. The van der Waals surface area contributed by atoms with Gasteiger partial charge < -0.3 is 10.6 Å². The number of aryl methyl sites for hydroxylation is 2. The number of amides is 1. The maximum absolute atomic E-state index is 11.9. The molecule has 0 atom stereocenters. The molecule has 0 saturated heterocycles. The van der Waals surface area contributed by atoms with Gasteiger partial charge in [-0.15, -0.1) is 0 Å². The molecule has 0 saturated carbocycles. The third-order valence-electron chi connectivity index (χ3n) is 2.98. The molecule has 0 aromatic heterocycles. The van der Waals surface area contributed by atoms with E-state index in [2.05, 4.69) is 10.6 Å². The molecule has 0 spiro atoms. The summed E-state index contributed by atoms with van der Waals surface area (Å²) in [4.78, 5) is 11.9. The van der Waals surface area contributed by atoms with E-state index in [0.717, 1.165) is 22.5 Å². The third kappa shape index (κ3) is 3.75. The van der Waals surface area contributed by atoms with Gasteiger partial charge in [-0.1, -0.05) is 35.9 Å². The predicted molar refractivity (Wildman–Crippen MR) is 84.5 cm³/mol. The Morgan fingerprint density at radius 1 is 1.10 bits per heavy atom. The highest BCUT2D eigenvalue weighted by molar-refractivity contribution is 6.33. The van der Waals surface area contributed by atoms with Crippen LogP contribution in [-0.4, -0.2) is 12.5 Å². The van der Waals surface area contributed by atoms with Crippen molar-refractivity contribution in [3.8, 4) is 0 Å². The van der Waals surface area contributed by atoms with Crippen molar-refractivity contribution in [1.82, 2.24) is 0 Å². The number of hydrogen-bond donors (Lipinski definition) is 2. The standard InChI is InChI=1S/C16H17ClN2O/c1-11-7-8-13(17)15(9-11)18-10-16(20)19-14-6-4-3-5-12(14)2/h3-9,18H,10H2,1-2H3,(H,19,20). The van der Waals surface area contributed by atoms with Crippen molar-refractivity contribution < 1.29 is 4.79 Å². The number of halogens is 1. The summed E-state index contributed by atoms with van der Waals surface area (Å²) in [6.45, 7) is 4.12. The molecule has 0 radical (unpaired) electrons. The Hall–Kier alpha value is -2.00. The quantitative estimate of drug-likeness (QED) is 0.892. The van der Waals surface area contributed by atoms with Crippen molar-refractivity contribution in [3.63, 3.8) is 0 Å². The summed E-state index contributed by atoms with van der Waals surface area (Å²) in [5, 5.41) is 6.53. The van der Waals surface area contributed by atoms with Gasteiger partial charge in [-0.3, -0.25) is 4.79 Å². The number of anilines is 2. The van der Waals surface area contributed by atoms with Crippen LogP contribution in [0, 0.1) is 13.8 Å². The summed E-state index contributed by atoms with van der Waals surface area (Å²) in [6.07, 6.45) is 0. The zero-order valence-electron chi connectivity index (χ0n) is 11.5. The van der Waals surface area contributed by atoms with Crippen LogP contribution in [0.2, 0.25) is 5.02 Å². The molecule has 1 amide bonds. The first-order chi connectivity index (χ1) is 9.56. The fourth-order valence-corrected chi connectivity index (χ4v) is 2.04. The molecule has 0 aliphatic carbocycles. The van der Waals surface area contributed by atoms with Crippen molar-refractivity contribution in [3.05, 3.63) is 58.6 Å². The topological polar surface area (TPSA) is 41.1 Å². The van der Waals surface area contributed by atoms with E-state index in [9.17, 15) is 4.79 Å². The van der Waals surface area contributed by atoms with Crippen LogP contribution in [0.25, 0.3) is 0 Å². The van der Waals surface area contributed by atoms with Gasteiger partial charge in [-0.25, -0.2) is 0 Å². The van der Waals surface area contributed by atoms with Gasteiger partial charge in [0.1, 0.15) is 0 Å². The van der Waals surface area contributed by atoms with Crippen molar-refractivity contribution in [2.45, 2.75) is 13.8 Å². The van der Waals surface area contributed by atoms with Crippen molar-refractivity contribution in [1.29, 1.82) is 0 Å². The summed E-state index contributed by atoms with van der Waals surface area (Å²) in [5.41, 5.74) is 3.73. The number of rotatable bonds is 4. The zero-order chi connectivity index (χ0) is 14.5. The average molecular weight is 289 g/mol. The van der Waals surface area contributed by atoms with Crippen molar-refractivity contribution >= 4 is 28.9 Å². The Balaban J connectivity index is 1.96. The SMILES string of the molecule is Cc1ccc(Cl)c(NCC(=O)Nc2ccccc2C)c1. The molecule has 3 nitrogen and oxygen atoms in total. The Kier molecular flexibility index (Phi) is 4.64. The third-order valence-corrected chi connectivity index (χ3v) is 3.31. The molecule has 20 heavy (non-hydrogen) atoms. The summed E-state index contributed by atoms with van der Waals surface area (Å²) < 4.78 is 0. The lowest BCUT2D eigenvalue weighted by atomic mass is 10.2. The molecule has 0 heterocycles. The maximum atomic E-state index is 11.9. The fraction of sp³-hybridized carbons (Fsp3) is 0.188. The maximum Gasteiger partial charge on any atom is 0.243 e. The summed E-state index contributed by atoms with van der Waals surface area (Å²) in [5.74, 6) is -0.100. The average Bonchev–Trinajstić information content (AvgIpc) is 2.42. The Labute approximate surface area is 124 Å². The second-order valence-electron chi connectivity index (χ2n) is 4.70. The van der Waals surface area contributed by atoms with Crippen molar-refractivity contribution in [2.24, 2.45) is 0 Å². The molecule has 0 unspecified atom stereocenters. The minimum absolute atomic E-state index is 0.100. The van der Waals surface area contributed by atoms with E-state index in [0.29, 0.717) is 5.02 Å². The van der Waals surface area contributed by atoms with E-state index in [1.54, 1.807) is 0 Å². The van der Waals surface area contributed by atoms with Crippen LogP contribution in [0.15, 0.2) is 42.5 Å².